The molecule has 1 aromatic rings. The van der Waals surface area contributed by atoms with Gasteiger partial charge in [0, 0.05) is 23.8 Å². The molecule has 1 aliphatic heterocycles. The molecule has 1 aromatic carbocycles. The van der Waals surface area contributed by atoms with Crippen LogP contribution in [0.25, 0.3) is 0 Å². The summed E-state index contributed by atoms with van der Waals surface area (Å²) in [7, 11) is 3.61. The Morgan fingerprint density at radius 2 is 2.35 bits per heavy atom. The van der Waals surface area contributed by atoms with Crippen molar-refractivity contribution in [1.29, 1.82) is 5.26 Å². The number of ether oxygens (including phenoxy) is 2. The van der Waals surface area contributed by atoms with Crippen LogP contribution in [0.15, 0.2) is 18.2 Å². The van der Waals surface area contributed by atoms with Crippen molar-refractivity contribution < 1.29 is 9.47 Å². The summed E-state index contributed by atoms with van der Waals surface area (Å²) in [5, 5.41) is 12.3. The van der Waals surface area contributed by atoms with Crippen molar-refractivity contribution in [3.05, 3.63) is 23.8 Å². The van der Waals surface area contributed by atoms with E-state index in [4.69, 9.17) is 14.7 Å². The van der Waals surface area contributed by atoms with E-state index in [9.17, 15) is 0 Å². The fourth-order valence-electron chi connectivity index (χ4n) is 2.51. The molecule has 1 saturated heterocycles. The molecule has 0 amide bonds. The standard InChI is InChI=1S/C15H21N3O2/c1-11(17-2)15-13(5-4-6-14(15)19-3)18-7-8-20-12(9-16)10-18/h4-6,11-12,17H,7-8,10H2,1-3H3. The highest BCUT2D eigenvalue weighted by atomic mass is 16.5. The summed E-state index contributed by atoms with van der Waals surface area (Å²) in [6.07, 6.45) is -0.368. The summed E-state index contributed by atoms with van der Waals surface area (Å²) in [6.45, 7) is 4.05. The van der Waals surface area contributed by atoms with E-state index in [1.165, 1.54) is 0 Å². The minimum atomic E-state index is -0.368. The summed E-state index contributed by atoms with van der Waals surface area (Å²) in [5.41, 5.74) is 2.23. The first kappa shape index (κ1) is 14.6. The monoisotopic (exact) mass is 275 g/mol. The highest BCUT2D eigenvalue weighted by Crippen LogP contribution is 2.35. The number of nitrogens with zero attached hydrogens (tertiary/aromatic N) is 2. The number of anilines is 1. The molecule has 2 unspecified atom stereocenters. The summed E-state index contributed by atoms with van der Waals surface area (Å²) in [6, 6.07) is 8.38. The molecule has 2 rings (SSSR count). The highest BCUT2D eigenvalue weighted by molar-refractivity contribution is 5.61. The molecule has 0 radical (unpaired) electrons. The van der Waals surface area contributed by atoms with E-state index in [0.29, 0.717) is 13.2 Å². The van der Waals surface area contributed by atoms with Gasteiger partial charge in [-0.3, -0.25) is 0 Å². The van der Waals surface area contributed by atoms with Crippen molar-refractivity contribution in [2.45, 2.75) is 19.1 Å². The van der Waals surface area contributed by atoms with E-state index in [1.807, 2.05) is 19.2 Å². The number of nitriles is 1. The van der Waals surface area contributed by atoms with Gasteiger partial charge in [-0.2, -0.15) is 5.26 Å². The number of morpholine rings is 1. The molecule has 108 valence electrons. The van der Waals surface area contributed by atoms with E-state index < -0.39 is 0 Å². The average Bonchev–Trinajstić information content (AvgIpc) is 2.53. The van der Waals surface area contributed by atoms with Crippen molar-refractivity contribution in [2.75, 3.05) is 38.8 Å². The van der Waals surface area contributed by atoms with Gasteiger partial charge in [0.1, 0.15) is 5.75 Å². The quantitative estimate of drug-likeness (QED) is 0.906. The predicted molar refractivity (Wildman–Crippen MR) is 78.0 cm³/mol. The van der Waals surface area contributed by atoms with Crippen LogP contribution in [0.2, 0.25) is 0 Å². The molecule has 0 spiro atoms. The Bertz CT molecular complexity index is 498. The van der Waals surface area contributed by atoms with Gasteiger partial charge in [0.25, 0.3) is 0 Å². The second kappa shape index (κ2) is 6.60. The molecule has 2 atom stereocenters. The third kappa shape index (κ3) is 2.87. The van der Waals surface area contributed by atoms with Crippen molar-refractivity contribution in [3.8, 4) is 11.8 Å². The summed E-state index contributed by atoms with van der Waals surface area (Å²) in [4.78, 5) is 2.20. The Morgan fingerprint density at radius 3 is 3.00 bits per heavy atom. The zero-order valence-corrected chi connectivity index (χ0v) is 12.2. The van der Waals surface area contributed by atoms with Gasteiger partial charge in [0.15, 0.2) is 6.10 Å². The zero-order chi connectivity index (χ0) is 14.5. The number of hydrogen-bond acceptors (Lipinski definition) is 5. The highest BCUT2D eigenvalue weighted by Gasteiger charge is 2.24. The molecule has 1 N–H and O–H groups in total. The maximum atomic E-state index is 9.04. The largest absolute Gasteiger partial charge is 0.496 e. The lowest BCUT2D eigenvalue weighted by Gasteiger charge is -2.34. The maximum Gasteiger partial charge on any atom is 0.161 e. The first-order valence-electron chi connectivity index (χ1n) is 6.81. The van der Waals surface area contributed by atoms with E-state index >= 15 is 0 Å². The smallest absolute Gasteiger partial charge is 0.161 e. The number of hydrogen-bond donors (Lipinski definition) is 1. The van der Waals surface area contributed by atoms with Gasteiger partial charge in [0.05, 0.1) is 26.3 Å². The lowest BCUT2D eigenvalue weighted by molar-refractivity contribution is 0.0763. The summed E-state index contributed by atoms with van der Waals surface area (Å²) < 4.78 is 10.9. The number of methoxy groups -OCH3 is 1. The predicted octanol–water partition coefficient (Wildman–Crippen LogP) is 1.70. The van der Waals surface area contributed by atoms with E-state index in [-0.39, 0.29) is 12.1 Å². The topological polar surface area (TPSA) is 57.5 Å². The van der Waals surface area contributed by atoms with Crippen LogP contribution in [-0.2, 0) is 4.74 Å². The molecule has 5 heteroatoms. The van der Waals surface area contributed by atoms with Gasteiger partial charge in [0.2, 0.25) is 0 Å². The minimum Gasteiger partial charge on any atom is -0.496 e. The lowest BCUT2D eigenvalue weighted by Crippen LogP contribution is -2.42. The molecule has 5 nitrogen and oxygen atoms in total. The Morgan fingerprint density at radius 1 is 1.55 bits per heavy atom. The van der Waals surface area contributed by atoms with Gasteiger partial charge >= 0.3 is 0 Å². The molecule has 1 aliphatic rings. The van der Waals surface area contributed by atoms with E-state index in [0.717, 1.165) is 23.5 Å². The molecule has 20 heavy (non-hydrogen) atoms. The van der Waals surface area contributed by atoms with E-state index in [2.05, 4.69) is 29.3 Å². The van der Waals surface area contributed by atoms with Gasteiger partial charge in [-0.1, -0.05) is 6.07 Å². The van der Waals surface area contributed by atoms with Crippen molar-refractivity contribution in [2.24, 2.45) is 0 Å². The molecule has 0 bridgehead atoms. The first-order chi connectivity index (χ1) is 9.71. The average molecular weight is 275 g/mol. The van der Waals surface area contributed by atoms with Crippen molar-refractivity contribution in [3.63, 3.8) is 0 Å². The zero-order valence-electron chi connectivity index (χ0n) is 12.2. The number of nitrogens with one attached hydrogen (secondary N) is 1. The second-order valence-electron chi connectivity index (χ2n) is 4.84. The molecule has 0 saturated carbocycles. The fraction of sp³-hybridized carbons (Fsp3) is 0.533. The van der Waals surface area contributed by atoms with Crippen LogP contribution in [0, 0.1) is 11.3 Å². The maximum absolute atomic E-state index is 9.04. The van der Waals surface area contributed by atoms with Crippen molar-refractivity contribution >= 4 is 5.69 Å². The first-order valence-corrected chi connectivity index (χ1v) is 6.81. The van der Waals surface area contributed by atoms with Crippen LogP contribution in [0.4, 0.5) is 5.69 Å². The molecule has 0 aromatic heterocycles. The Hall–Kier alpha value is -1.77. The molecular weight excluding hydrogens is 254 g/mol. The number of benzene rings is 1. The SMILES string of the molecule is CNC(C)c1c(OC)cccc1N1CCOC(C#N)C1. The van der Waals surface area contributed by atoms with Crippen LogP contribution < -0.4 is 15.0 Å². The Balaban J connectivity index is 2.37. The van der Waals surface area contributed by atoms with Gasteiger partial charge < -0.3 is 19.7 Å². The second-order valence-corrected chi connectivity index (χ2v) is 4.84. The third-order valence-electron chi connectivity index (χ3n) is 3.68. The van der Waals surface area contributed by atoms with Crippen LogP contribution in [-0.4, -0.2) is 40.0 Å². The summed E-state index contributed by atoms with van der Waals surface area (Å²) in [5.74, 6) is 0.865. The molecular formula is C15H21N3O2. The number of rotatable bonds is 4. The van der Waals surface area contributed by atoms with Gasteiger partial charge in [-0.25, -0.2) is 0 Å². The molecule has 0 aliphatic carbocycles. The molecule has 1 fully saturated rings. The lowest BCUT2D eigenvalue weighted by atomic mass is 10.0. The van der Waals surface area contributed by atoms with Gasteiger partial charge in [-0.05, 0) is 26.1 Å². The van der Waals surface area contributed by atoms with Crippen LogP contribution in [0.5, 0.6) is 5.75 Å². The fourth-order valence-corrected chi connectivity index (χ4v) is 2.51. The van der Waals surface area contributed by atoms with Crippen LogP contribution in [0.3, 0.4) is 0 Å². The third-order valence-corrected chi connectivity index (χ3v) is 3.68. The van der Waals surface area contributed by atoms with E-state index in [1.54, 1.807) is 7.11 Å². The van der Waals surface area contributed by atoms with Crippen LogP contribution >= 0.6 is 0 Å². The van der Waals surface area contributed by atoms with Crippen molar-refractivity contribution in [1.82, 2.24) is 5.32 Å². The Kier molecular flexibility index (Phi) is 4.83. The molecule has 1 heterocycles. The normalized spacial score (nSPS) is 20.3. The van der Waals surface area contributed by atoms with Crippen LogP contribution in [0.1, 0.15) is 18.5 Å². The Labute approximate surface area is 120 Å². The van der Waals surface area contributed by atoms with Gasteiger partial charge in [-0.15, -0.1) is 0 Å². The summed E-state index contributed by atoms with van der Waals surface area (Å²) >= 11 is 0. The minimum absolute atomic E-state index is 0.171.